The third-order valence-electron chi connectivity index (χ3n) is 8.85. The molecule has 3 rings (SSSR count). The van der Waals surface area contributed by atoms with Crippen LogP contribution in [0, 0.1) is 5.41 Å². The molecule has 0 spiro atoms. The predicted octanol–water partition coefficient (Wildman–Crippen LogP) is -0.159. The molecule has 1 fully saturated rings. The molecule has 12 N–H and O–H groups in total. The van der Waals surface area contributed by atoms with Crippen molar-refractivity contribution in [2.75, 3.05) is 37.8 Å². The van der Waals surface area contributed by atoms with Gasteiger partial charge >= 0.3 is 29.4 Å². The number of nitrogens with two attached hydrogens (primary N) is 1. The summed E-state index contributed by atoms with van der Waals surface area (Å²) in [5.41, 5.74) is 4.21. The fraction of sp³-hybridized carbons (Fsp3) is 0.710. The Morgan fingerprint density at radius 2 is 1.65 bits per heavy atom. The summed E-state index contributed by atoms with van der Waals surface area (Å²) in [5, 5.41) is 44.8. The van der Waals surface area contributed by atoms with E-state index in [4.69, 9.17) is 24.6 Å². The van der Waals surface area contributed by atoms with Crippen molar-refractivity contribution in [3.63, 3.8) is 0 Å². The van der Waals surface area contributed by atoms with Crippen molar-refractivity contribution >= 4 is 75.1 Å². The van der Waals surface area contributed by atoms with Gasteiger partial charge in [0.2, 0.25) is 11.8 Å². The quantitative estimate of drug-likeness (QED) is 0.0390. The first-order chi connectivity index (χ1) is 28.8. The molecule has 1 aliphatic rings. The lowest BCUT2D eigenvalue weighted by Gasteiger charge is -2.30. The van der Waals surface area contributed by atoms with Gasteiger partial charge in [0, 0.05) is 43.5 Å². The average Bonchev–Trinajstić information content (AvgIpc) is 3.72. The number of phosphoric ester groups is 3. The molecule has 2 unspecified atom stereocenters. The summed E-state index contributed by atoms with van der Waals surface area (Å²) in [6, 6.07) is 0. The van der Waals surface area contributed by atoms with Crippen LogP contribution in [0.5, 0.6) is 0 Å². The Hall–Kier alpha value is -3.01. The maximum atomic E-state index is 12.7. The maximum absolute atomic E-state index is 12.7. The van der Waals surface area contributed by atoms with Crippen LogP contribution in [0.15, 0.2) is 12.7 Å². The molecule has 2 aromatic rings. The zero-order chi connectivity index (χ0) is 46.5. The number of hydrogen-bond donors (Lipinski definition) is 11. The number of thioether (sulfide) groups is 1. The van der Waals surface area contributed by atoms with E-state index < -0.39 is 96.6 Å². The average molecular weight is 968 g/mol. The van der Waals surface area contributed by atoms with Gasteiger partial charge in [0.25, 0.3) is 0 Å². The van der Waals surface area contributed by atoms with E-state index in [1.165, 1.54) is 13.8 Å². The number of nitrogens with zero attached hydrogens (tertiary/aromatic N) is 4. The van der Waals surface area contributed by atoms with Crippen LogP contribution in [0.2, 0.25) is 0 Å². The Kier molecular flexibility index (Phi) is 20.5. The van der Waals surface area contributed by atoms with Gasteiger partial charge in [0.05, 0.1) is 25.6 Å². The highest BCUT2D eigenvalue weighted by Crippen LogP contribution is 2.61. The molecule has 2 amide bonds. The number of unbranched alkanes of at least 4 members (excludes halogenated alkanes) is 3. The van der Waals surface area contributed by atoms with Crippen molar-refractivity contribution in [2.24, 2.45) is 5.41 Å². The zero-order valence-corrected chi connectivity index (χ0v) is 36.9. The highest BCUT2D eigenvalue weighted by Gasteiger charge is 2.50. The molecule has 0 saturated carbocycles. The van der Waals surface area contributed by atoms with E-state index in [0.29, 0.717) is 25.7 Å². The molecule has 352 valence electrons. The Morgan fingerprint density at radius 1 is 0.968 bits per heavy atom. The molecule has 0 aliphatic carbocycles. The fourth-order valence-corrected chi connectivity index (χ4v) is 9.23. The third-order valence-corrected chi connectivity index (χ3v) is 12.8. The molecule has 0 bridgehead atoms. The maximum Gasteiger partial charge on any atom is 0.481 e. The van der Waals surface area contributed by atoms with Crippen LogP contribution < -0.4 is 16.4 Å². The highest BCUT2D eigenvalue weighted by atomic mass is 32.2. The number of ether oxygens (including phenoxy) is 1. The number of aliphatic carboxylic acids is 1. The minimum absolute atomic E-state index is 0.0191. The number of rotatable bonds is 28. The van der Waals surface area contributed by atoms with Gasteiger partial charge in [0.1, 0.15) is 36.3 Å². The number of carbonyl (C=O) groups excluding carboxylic acids is 3. The monoisotopic (exact) mass is 967 g/mol. The van der Waals surface area contributed by atoms with Gasteiger partial charge in [-0.2, -0.15) is 4.31 Å². The number of carbonyl (C=O) groups is 4. The van der Waals surface area contributed by atoms with Crippen LogP contribution in [0.1, 0.15) is 71.4 Å². The number of aromatic nitrogens is 4. The van der Waals surface area contributed by atoms with Gasteiger partial charge in [-0.1, -0.05) is 44.9 Å². The summed E-state index contributed by atoms with van der Waals surface area (Å²) in [7, 11) is -16.5. The number of carboxylic acid groups (broad SMARTS) is 1. The fourth-order valence-electron chi connectivity index (χ4n) is 5.66. The van der Waals surface area contributed by atoms with E-state index in [1.54, 1.807) is 0 Å². The second-order valence-electron chi connectivity index (χ2n) is 14.5. The number of imidazole rings is 1. The van der Waals surface area contributed by atoms with Gasteiger partial charge in [0.15, 0.2) is 22.8 Å². The molecule has 0 aromatic carbocycles. The number of fused-ring (bicyclic) bond motifs is 1. The Morgan fingerprint density at radius 3 is 2.32 bits per heavy atom. The largest absolute Gasteiger partial charge is 0.481 e. The van der Waals surface area contributed by atoms with Crippen LogP contribution in [0.4, 0.5) is 5.82 Å². The first-order valence-electron chi connectivity index (χ1n) is 18.8. The molecule has 0 radical (unpaired) electrons. The second-order valence-corrected chi connectivity index (χ2v) is 19.9. The van der Waals surface area contributed by atoms with Crippen LogP contribution in [0.3, 0.4) is 0 Å². The van der Waals surface area contributed by atoms with Crippen molar-refractivity contribution in [3.8, 4) is 0 Å². The number of amides is 2. The van der Waals surface area contributed by atoms with Gasteiger partial charge in [-0.3, -0.25) is 37.3 Å². The Labute approximate surface area is 357 Å². The third kappa shape index (κ3) is 17.9. The van der Waals surface area contributed by atoms with Crippen molar-refractivity contribution in [1.29, 1.82) is 0 Å². The molecule has 62 heavy (non-hydrogen) atoms. The smallest absolute Gasteiger partial charge is 0.481 e. The number of nitrogen functional groups attached to an aromatic ring is 1. The number of phosphoric acid groups is 3. The number of aliphatic hydroxyl groups excluding tert-OH is 3. The molecule has 2 aromatic heterocycles. The van der Waals surface area contributed by atoms with Crippen LogP contribution >= 0.6 is 35.2 Å². The van der Waals surface area contributed by atoms with Crippen LogP contribution in [-0.4, -0.2) is 145 Å². The van der Waals surface area contributed by atoms with E-state index in [1.807, 2.05) is 0 Å². The summed E-state index contributed by atoms with van der Waals surface area (Å²) in [5.74, 6) is -2.21. The molecule has 1 aliphatic heterocycles. The summed E-state index contributed by atoms with van der Waals surface area (Å²) < 4.78 is 62.2. The van der Waals surface area contributed by atoms with E-state index in [2.05, 4.69) is 34.4 Å². The molecule has 31 heteroatoms. The summed E-state index contributed by atoms with van der Waals surface area (Å²) in [4.78, 5) is 98.4. The van der Waals surface area contributed by atoms with Crippen LogP contribution in [0.25, 0.3) is 11.2 Å². The van der Waals surface area contributed by atoms with Crippen molar-refractivity contribution in [1.82, 2.24) is 30.2 Å². The highest BCUT2D eigenvalue weighted by molar-refractivity contribution is 8.13. The second kappa shape index (κ2) is 23.8. The number of hydrogen-bond acceptors (Lipinski definition) is 20. The predicted molar refractivity (Wildman–Crippen MR) is 213 cm³/mol. The molecule has 1 saturated heterocycles. The topological polar surface area (TPSA) is 421 Å². The molecule has 27 nitrogen and oxygen atoms in total. The van der Waals surface area contributed by atoms with Crippen molar-refractivity contribution in [2.45, 2.75) is 102 Å². The standard InChI is InChI=1S/C31H52N7O20P3S/c1-31(2,26(45)29(46)34-10-9-20(40)33-11-12-62-22(43)13-18(39)7-5-3-4-6-8-21(41)42)15-55-61(52,53)58-60(50,51)54-14-19-25(57-59(47,48)49)24(44)30(56-19)38-17-37-23-27(32)35-16-36-28(23)38/h16-19,24-26,30,39,44-45H,3-15H2,1-2H3,(H,33,40)(H,34,46)(H,41,42)(H,50,51)(H,52,53)(H2,32,35,36)(H2,47,48,49)/t18-,19+,24+,25+,26-,30+/m0/s1. The number of nitrogens with one attached hydrogen (secondary N) is 2. The summed E-state index contributed by atoms with van der Waals surface area (Å²) >= 11 is 0.924. The first-order valence-corrected chi connectivity index (χ1v) is 24.3. The van der Waals surface area contributed by atoms with Crippen LogP contribution in [-0.2, 0) is 55.5 Å². The van der Waals surface area contributed by atoms with Crippen molar-refractivity contribution in [3.05, 3.63) is 12.7 Å². The van der Waals surface area contributed by atoms with Gasteiger partial charge < -0.3 is 61.1 Å². The SMILES string of the molecule is CC(C)(COP(=O)(O)OP(=O)(O)OC[C@H]1O[C@@H](n2cnc3c(N)ncnc32)[C@H](O)[C@@H]1OP(=O)(O)O)[C@@H](O)C(=O)NCCC(=O)NCCSC(=O)C[C@@H](O)CCCCCCC(=O)O. The zero-order valence-electron chi connectivity index (χ0n) is 33.4. The molecule has 8 atom stereocenters. The Bertz CT molecular complexity index is 1990. The number of aliphatic hydroxyl groups is 3. The van der Waals surface area contributed by atoms with E-state index in [-0.39, 0.29) is 60.2 Å². The number of anilines is 1. The van der Waals surface area contributed by atoms with E-state index in [9.17, 15) is 67.8 Å². The molecular formula is C31H52N7O20P3S. The van der Waals surface area contributed by atoms with E-state index >= 15 is 0 Å². The lowest BCUT2D eigenvalue weighted by molar-refractivity contribution is -0.137. The van der Waals surface area contributed by atoms with Crippen molar-refractivity contribution < 1.29 is 95.5 Å². The minimum atomic E-state index is -5.60. The first kappa shape index (κ1) is 53.3. The molecule has 3 heterocycles. The van der Waals surface area contributed by atoms with Gasteiger partial charge in [-0.05, 0) is 12.8 Å². The number of carboxylic acids is 1. The van der Waals surface area contributed by atoms with E-state index in [0.717, 1.165) is 35.4 Å². The van der Waals surface area contributed by atoms with Gasteiger partial charge in [-0.25, -0.2) is 28.6 Å². The summed E-state index contributed by atoms with van der Waals surface area (Å²) in [6.07, 6.45) is -4.85. The normalized spacial score (nSPS) is 21.2. The lowest BCUT2D eigenvalue weighted by Crippen LogP contribution is -2.46. The summed E-state index contributed by atoms with van der Waals surface area (Å²) in [6.45, 7) is 0.250. The minimum Gasteiger partial charge on any atom is -0.481 e. The Balaban J connectivity index is 1.39. The lowest BCUT2D eigenvalue weighted by atomic mass is 9.87. The molecular weight excluding hydrogens is 915 g/mol. The van der Waals surface area contributed by atoms with Gasteiger partial charge in [-0.15, -0.1) is 0 Å².